The van der Waals surface area contributed by atoms with Crippen molar-refractivity contribution in [2.75, 3.05) is 19.6 Å². The third-order valence-corrected chi connectivity index (χ3v) is 4.91. The molecule has 0 radical (unpaired) electrons. The second-order valence-corrected chi connectivity index (χ2v) is 6.38. The quantitative estimate of drug-likeness (QED) is 0.854. The van der Waals surface area contributed by atoms with Crippen molar-refractivity contribution in [2.24, 2.45) is 11.7 Å². The molecule has 0 saturated carbocycles. The summed E-state index contributed by atoms with van der Waals surface area (Å²) in [6, 6.07) is 10.1. The largest absolute Gasteiger partial charge is 0.350 e. The number of hydrogen-bond donors (Lipinski definition) is 2. The van der Waals surface area contributed by atoms with E-state index in [0.29, 0.717) is 18.4 Å². The van der Waals surface area contributed by atoms with E-state index in [1.807, 2.05) is 18.2 Å². The number of carbonyl (C=O) groups is 1. The molecule has 3 aliphatic rings. The maximum atomic E-state index is 12.3. The smallest absolute Gasteiger partial charge is 0.237 e. The van der Waals surface area contributed by atoms with Crippen LogP contribution < -0.4 is 11.1 Å². The number of nitrogens with zero attached hydrogens (tertiary/aromatic N) is 1. The molecule has 1 aromatic rings. The molecule has 1 aromatic carbocycles. The van der Waals surface area contributed by atoms with Gasteiger partial charge in [-0.2, -0.15) is 0 Å². The fraction of sp³-hybridized carbons (Fsp3) is 0.588. The van der Waals surface area contributed by atoms with Crippen LogP contribution in [0.3, 0.4) is 0 Å². The Kier molecular flexibility index (Phi) is 4.56. The van der Waals surface area contributed by atoms with Gasteiger partial charge in [0.25, 0.3) is 0 Å². The molecule has 3 saturated heterocycles. The number of piperidine rings is 3. The number of amides is 1. The highest BCUT2D eigenvalue weighted by atomic mass is 16.2. The average Bonchev–Trinajstić information content (AvgIpc) is 2.54. The molecule has 3 aliphatic heterocycles. The first-order valence-electron chi connectivity index (χ1n) is 8.04. The summed E-state index contributed by atoms with van der Waals surface area (Å²) in [5, 5.41) is 3.18. The summed E-state index contributed by atoms with van der Waals surface area (Å²) >= 11 is 0. The van der Waals surface area contributed by atoms with Gasteiger partial charge in [-0.3, -0.25) is 4.79 Å². The molecular formula is C17H25N3O. The van der Waals surface area contributed by atoms with Gasteiger partial charge < -0.3 is 16.0 Å². The lowest BCUT2D eigenvalue weighted by Crippen LogP contribution is -2.59. The monoisotopic (exact) mass is 287 g/mol. The number of benzene rings is 1. The van der Waals surface area contributed by atoms with Gasteiger partial charge in [0.05, 0.1) is 6.04 Å². The van der Waals surface area contributed by atoms with E-state index < -0.39 is 6.04 Å². The molecule has 4 nitrogen and oxygen atoms in total. The lowest BCUT2D eigenvalue weighted by molar-refractivity contribution is -0.124. The number of rotatable bonds is 5. The molecule has 114 valence electrons. The van der Waals surface area contributed by atoms with Crippen LogP contribution in [0, 0.1) is 5.92 Å². The van der Waals surface area contributed by atoms with Crippen molar-refractivity contribution in [3.63, 3.8) is 0 Å². The predicted octanol–water partition coefficient (Wildman–Crippen LogP) is 1.16. The molecule has 21 heavy (non-hydrogen) atoms. The highest BCUT2D eigenvalue weighted by molar-refractivity contribution is 5.81. The second-order valence-electron chi connectivity index (χ2n) is 6.38. The fourth-order valence-corrected chi connectivity index (χ4v) is 3.52. The van der Waals surface area contributed by atoms with Crippen LogP contribution in [-0.2, 0) is 11.2 Å². The normalized spacial score (nSPS) is 29.1. The SMILES string of the molecule is N[C@@H](CCc1ccccc1)C(=O)NC1CN2CCC1CC2. The molecule has 2 bridgehead atoms. The van der Waals surface area contributed by atoms with Crippen LogP contribution in [0.2, 0.25) is 0 Å². The third-order valence-electron chi connectivity index (χ3n) is 4.91. The standard InChI is InChI=1S/C17H25N3O/c18-15(7-6-13-4-2-1-3-5-13)17(21)19-16-12-20-10-8-14(16)9-11-20/h1-5,14-16H,6-12,18H2,(H,19,21)/t15-,16?/m0/s1. The number of nitrogens with one attached hydrogen (secondary N) is 1. The summed E-state index contributed by atoms with van der Waals surface area (Å²) in [6.45, 7) is 3.38. The summed E-state index contributed by atoms with van der Waals surface area (Å²) in [7, 11) is 0. The van der Waals surface area contributed by atoms with Crippen molar-refractivity contribution >= 4 is 5.91 Å². The fourth-order valence-electron chi connectivity index (χ4n) is 3.52. The minimum Gasteiger partial charge on any atom is -0.350 e. The summed E-state index contributed by atoms with van der Waals surface area (Å²) in [4.78, 5) is 14.7. The molecule has 3 fully saturated rings. The Balaban J connectivity index is 1.46. The van der Waals surface area contributed by atoms with E-state index in [1.165, 1.54) is 31.5 Å². The maximum absolute atomic E-state index is 12.3. The molecule has 0 spiro atoms. The van der Waals surface area contributed by atoms with Crippen molar-refractivity contribution in [3.8, 4) is 0 Å². The molecule has 2 atom stereocenters. The molecule has 4 rings (SSSR count). The molecule has 0 aliphatic carbocycles. The summed E-state index contributed by atoms with van der Waals surface area (Å²) in [6.07, 6.45) is 3.99. The van der Waals surface area contributed by atoms with Crippen LogP contribution in [0.5, 0.6) is 0 Å². The minimum atomic E-state index is -0.402. The van der Waals surface area contributed by atoms with E-state index >= 15 is 0 Å². The number of nitrogens with two attached hydrogens (primary N) is 1. The summed E-state index contributed by atoms with van der Waals surface area (Å²) in [5.74, 6) is 0.671. The lowest BCUT2D eigenvalue weighted by atomic mass is 9.84. The van der Waals surface area contributed by atoms with E-state index in [-0.39, 0.29) is 5.91 Å². The Bertz CT molecular complexity index is 468. The maximum Gasteiger partial charge on any atom is 0.237 e. The van der Waals surface area contributed by atoms with Gasteiger partial charge in [0.1, 0.15) is 0 Å². The van der Waals surface area contributed by atoms with Crippen LogP contribution in [0.15, 0.2) is 30.3 Å². The van der Waals surface area contributed by atoms with Crippen LogP contribution in [0.25, 0.3) is 0 Å². The zero-order valence-electron chi connectivity index (χ0n) is 12.5. The molecule has 1 unspecified atom stereocenters. The van der Waals surface area contributed by atoms with Gasteiger partial charge in [-0.25, -0.2) is 0 Å². The van der Waals surface area contributed by atoms with Crippen molar-refractivity contribution in [3.05, 3.63) is 35.9 Å². The van der Waals surface area contributed by atoms with Crippen molar-refractivity contribution in [2.45, 2.75) is 37.8 Å². The first-order valence-corrected chi connectivity index (χ1v) is 8.04. The first-order chi connectivity index (χ1) is 10.2. The first kappa shape index (κ1) is 14.5. The Morgan fingerprint density at radius 2 is 2.00 bits per heavy atom. The van der Waals surface area contributed by atoms with Gasteiger partial charge in [0.15, 0.2) is 0 Å². The second kappa shape index (κ2) is 6.58. The lowest BCUT2D eigenvalue weighted by Gasteiger charge is -2.45. The topological polar surface area (TPSA) is 58.4 Å². The van der Waals surface area contributed by atoms with E-state index in [0.717, 1.165) is 13.0 Å². The molecule has 3 heterocycles. The predicted molar refractivity (Wildman–Crippen MR) is 83.8 cm³/mol. The third kappa shape index (κ3) is 3.63. The van der Waals surface area contributed by atoms with Gasteiger partial charge in [-0.05, 0) is 50.3 Å². The number of hydrogen-bond acceptors (Lipinski definition) is 3. The number of aryl methyl sites for hydroxylation is 1. The van der Waals surface area contributed by atoms with Crippen molar-refractivity contribution < 1.29 is 4.79 Å². The van der Waals surface area contributed by atoms with Crippen LogP contribution in [0.4, 0.5) is 0 Å². The van der Waals surface area contributed by atoms with Gasteiger partial charge in [0.2, 0.25) is 5.91 Å². The number of carbonyl (C=O) groups excluding carboxylic acids is 1. The van der Waals surface area contributed by atoms with Crippen LogP contribution >= 0.6 is 0 Å². The number of fused-ring (bicyclic) bond motifs is 3. The molecule has 3 N–H and O–H groups in total. The zero-order valence-corrected chi connectivity index (χ0v) is 12.5. The summed E-state index contributed by atoms with van der Waals surface area (Å²) in [5.41, 5.74) is 7.29. The molecule has 4 heteroatoms. The Morgan fingerprint density at radius 3 is 2.62 bits per heavy atom. The van der Waals surface area contributed by atoms with Gasteiger partial charge in [-0.1, -0.05) is 30.3 Å². The van der Waals surface area contributed by atoms with E-state index in [9.17, 15) is 4.79 Å². The van der Waals surface area contributed by atoms with Crippen molar-refractivity contribution in [1.82, 2.24) is 10.2 Å². The van der Waals surface area contributed by atoms with E-state index in [2.05, 4.69) is 22.3 Å². The Morgan fingerprint density at radius 1 is 1.29 bits per heavy atom. The molecule has 1 amide bonds. The van der Waals surface area contributed by atoms with E-state index in [4.69, 9.17) is 5.73 Å². The van der Waals surface area contributed by atoms with Gasteiger partial charge >= 0.3 is 0 Å². The highest BCUT2D eigenvalue weighted by Crippen LogP contribution is 2.27. The van der Waals surface area contributed by atoms with Gasteiger partial charge in [0, 0.05) is 12.6 Å². The van der Waals surface area contributed by atoms with Crippen LogP contribution in [0.1, 0.15) is 24.8 Å². The van der Waals surface area contributed by atoms with E-state index in [1.54, 1.807) is 0 Å². The summed E-state index contributed by atoms with van der Waals surface area (Å²) < 4.78 is 0. The van der Waals surface area contributed by atoms with Crippen molar-refractivity contribution in [1.29, 1.82) is 0 Å². The van der Waals surface area contributed by atoms with Gasteiger partial charge in [-0.15, -0.1) is 0 Å². The molecular weight excluding hydrogens is 262 g/mol. The zero-order chi connectivity index (χ0) is 14.7. The Hall–Kier alpha value is -1.39. The Labute approximate surface area is 126 Å². The van der Waals surface area contributed by atoms with Crippen LogP contribution in [-0.4, -0.2) is 42.5 Å². The highest BCUT2D eigenvalue weighted by Gasteiger charge is 2.35. The minimum absolute atomic E-state index is 0.0182. The molecule has 0 aromatic heterocycles. The average molecular weight is 287 g/mol.